The first-order valence-corrected chi connectivity index (χ1v) is 13.0. The van der Waals surface area contributed by atoms with Crippen LogP contribution in [0, 0.1) is 5.82 Å². The van der Waals surface area contributed by atoms with E-state index >= 15 is 0 Å². The zero-order valence-corrected chi connectivity index (χ0v) is 19.5. The zero-order valence-electron chi connectivity index (χ0n) is 17.0. The number of fused-ring (bicyclic) bond motifs is 1. The molecule has 0 fully saturated rings. The number of nitrogens with zero attached hydrogens (tertiary/aromatic N) is 3. The van der Waals surface area contributed by atoms with Crippen LogP contribution in [0.4, 0.5) is 4.39 Å². The normalized spacial score (nSPS) is 12.5. The molecule has 0 amide bonds. The standard InChI is InChI=1S/C21H18FN3O4S3/c1-24(2)31(26,27)17-10-12-18(13-11-17)32(28,29)25-20-4-3-5-21(19(20)14-23-25)30-16-8-6-15(22)7-9-16/h3-14H,1-2H3. The molecule has 4 rings (SSSR count). The van der Waals surface area contributed by atoms with Crippen molar-refractivity contribution < 1.29 is 21.2 Å². The predicted octanol–water partition coefficient (Wildman–Crippen LogP) is 3.81. The van der Waals surface area contributed by atoms with Gasteiger partial charge in [-0.25, -0.2) is 17.1 Å². The average Bonchev–Trinajstić information content (AvgIpc) is 3.21. The van der Waals surface area contributed by atoms with E-state index in [9.17, 15) is 21.2 Å². The fourth-order valence-corrected chi connectivity index (χ4v) is 6.12. The second kappa shape index (κ2) is 8.32. The van der Waals surface area contributed by atoms with Crippen LogP contribution < -0.4 is 0 Å². The van der Waals surface area contributed by atoms with Gasteiger partial charge in [0.15, 0.2) is 0 Å². The van der Waals surface area contributed by atoms with Crippen LogP contribution in [0.3, 0.4) is 0 Å². The minimum atomic E-state index is -4.06. The third-order valence-electron chi connectivity index (χ3n) is 4.71. The molecule has 0 saturated carbocycles. The number of aromatic nitrogens is 2. The fourth-order valence-electron chi connectivity index (χ4n) is 3.01. The number of hydrogen-bond acceptors (Lipinski definition) is 6. The minimum Gasteiger partial charge on any atom is -0.207 e. The van der Waals surface area contributed by atoms with E-state index in [0.29, 0.717) is 10.9 Å². The maximum atomic E-state index is 13.2. The number of halogens is 1. The second-order valence-corrected chi connectivity index (χ2v) is 12.0. The molecule has 0 unspecified atom stereocenters. The number of rotatable bonds is 6. The summed E-state index contributed by atoms with van der Waals surface area (Å²) in [5.41, 5.74) is 0.377. The van der Waals surface area contributed by atoms with Gasteiger partial charge >= 0.3 is 0 Å². The van der Waals surface area contributed by atoms with Crippen molar-refractivity contribution in [3.05, 3.63) is 78.7 Å². The predicted molar refractivity (Wildman–Crippen MR) is 120 cm³/mol. The van der Waals surface area contributed by atoms with E-state index in [1.54, 1.807) is 24.3 Å². The summed E-state index contributed by atoms with van der Waals surface area (Å²) in [6, 6.07) is 16.2. The summed E-state index contributed by atoms with van der Waals surface area (Å²) in [4.78, 5) is 1.47. The van der Waals surface area contributed by atoms with Crippen molar-refractivity contribution in [2.24, 2.45) is 0 Å². The van der Waals surface area contributed by atoms with Crippen LogP contribution in [-0.4, -0.2) is 44.4 Å². The summed E-state index contributed by atoms with van der Waals surface area (Å²) in [6.07, 6.45) is 1.46. The molecule has 1 aromatic heterocycles. The lowest BCUT2D eigenvalue weighted by atomic mass is 10.3. The molecule has 0 aliphatic carbocycles. The first-order chi connectivity index (χ1) is 15.1. The van der Waals surface area contributed by atoms with Crippen molar-refractivity contribution in [1.82, 2.24) is 13.5 Å². The lowest BCUT2D eigenvalue weighted by molar-refractivity contribution is 0.520. The highest BCUT2D eigenvalue weighted by Crippen LogP contribution is 2.34. The Morgan fingerprint density at radius 1 is 0.875 bits per heavy atom. The Labute approximate surface area is 189 Å². The molecular formula is C21H18FN3O4S3. The molecule has 0 spiro atoms. The van der Waals surface area contributed by atoms with Gasteiger partial charge < -0.3 is 0 Å². The first-order valence-electron chi connectivity index (χ1n) is 9.29. The van der Waals surface area contributed by atoms with Gasteiger partial charge in [0, 0.05) is 29.3 Å². The van der Waals surface area contributed by atoms with E-state index in [-0.39, 0.29) is 15.6 Å². The van der Waals surface area contributed by atoms with Crippen LogP contribution in [0.15, 0.2) is 92.5 Å². The number of benzene rings is 3. The largest absolute Gasteiger partial charge is 0.283 e. The van der Waals surface area contributed by atoms with E-state index in [1.165, 1.54) is 68.5 Å². The van der Waals surface area contributed by atoms with E-state index in [2.05, 4.69) is 5.10 Å². The van der Waals surface area contributed by atoms with Gasteiger partial charge in [-0.3, -0.25) is 0 Å². The zero-order chi connectivity index (χ0) is 23.1. The Morgan fingerprint density at radius 3 is 2.12 bits per heavy atom. The maximum Gasteiger partial charge on any atom is 0.283 e. The van der Waals surface area contributed by atoms with E-state index in [1.807, 2.05) is 6.07 Å². The molecule has 32 heavy (non-hydrogen) atoms. The van der Waals surface area contributed by atoms with E-state index in [0.717, 1.165) is 18.2 Å². The summed E-state index contributed by atoms with van der Waals surface area (Å²) in [7, 11) is -4.94. The van der Waals surface area contributed by atoms with Crippen molar-refractivity contribution in [3.8, 4) is 0 Å². The quantitative estimate of drug-likeness (QED) is 0.407. The van der Waals surface area contributed by atoms with Crippen LogP contribution in [0.1, 0.15) is 0 Å². The Bertz CT molecular complexity index is 1500. The molecule has 4 aromatic rings. The molecule has 0 aliphatic rings. The van der Waals surface area contributed by atoms with Gasteiger partial charge in [-0.05, 0) is 60.7 Å². The molecule has 7 nitrogen and oxygen atoms in total. The molecule has 0 radical (unpaired) electrons. The van der Waals surface area contributed by atoms with Crippen molar-refractivity contribution in [1.29, 1.82) is 0 Å². The Balaban J connectivity index is 1.72. The van der Waals surface area contributed by atoms with E-state index in [4.69, 9.17) is 0 Å². The Hall–Kier alpha value is -2.73. The maximum absolute atomic E-state index is 13.2. The fraction of sp³-hybridized carbons (Fsp3) is 0.0952. The monoisotopic (exact) mass is 491 g/mol. The third kappa shape index (κ3) is 4.04. The Kier molecular flexibility index (Phi) is 5.84. The highest BCUT2D eigenvalue weighted by atomic mass is 32.2. The SMILES string of the molecule is CN(C)S(=O)(=O)c1ccc(S(=O)(=O)n2ncc3c(Sc4ccc(F)cc4)cccc32)cc1. The van der Waals surface area contributed by atoms with Crippen molar-refractivity contribution in [2.75, 3.05) is 14.1 Å². The molecule has 1 heterocycles. The van der Waals surface area contributed by atoms with Gasteiger partial charge in [0.05, 0.1) is 21.5 Å². The molecule has 0 aliphatic heterocycles. The lowest BCUT2D eigenvalue weighted by Gasteiger charge is -2.12. The van der Waals surface area contributed by atoms with Gasteiger partial charge in [0.25, 0.3) is 10.0 Å². The van der Waals surface area contributed by atoms with Crippen molar-refractivity contribution >= 4 is 42.7 Å². The highest BCUT2D eigenvalue weighted by Gasteiger charge is 2.23. The summed E-state index contributed by atoms with van der Waals surface area (Å²) < 4.78 is 66.0. The molecule has 0 saturated heterocycles. The van der Waals surface area contributed by atoms with Crippen LogP contribution in [0.2, 0.25) is 0 Å². The van der Waals surface area contributed by atoms with Crippen molar-refractivity contribution in [3.63, 3.8) is 0 Å². The lowest BCUT2D eigenvalue weighted by Crippen LogP contribution is -2.22. The van der Waals surface area contributed by atoms with Crippen molar-refractivity contribution in [2.45, 2.75) is 19.6 Å². The van der Waals surface area contributed by atoms with Gasteiger partial charge in [0.1, 0.15) is 5.82 Å². The summed E-state index contributed by atoms with van der Waals surface area (Å²) in [6.45, 7) is 0. The number of hydrogen-bond donors (Lipinski definition) is 0. The third-order valence-corrected chi connectivity index (χ3v) is 9.24. The summed E-state index contributed by atoms with van der Waals surface area (Å²) >= 11 is 1.37. The van der Waals surface area contributed by atoms with Crippen LogP contribution >= 0.6 is 11.8 Å². The van der Waals surface area contributed by atoms with Gasteiger partial charge in [0.2, 0.25) is 10.0 Å². The molecule has 166 valence electrons. The topological polar surface area (TPSA) is 89.3 Å². The molecular weight excluding hydrogens is 473 g/mol. The first kappa shape index (κ1) is 22.5. The molecule has 3 aromatic carbocycles. The molecule has 0 bridgehead atoms. The molecule has 0 N–H and O–H groups in total. The van der Waals surface area contributed by atoms with Gasteiger partial charge in [-0.2, -0.15) is 17.6 Å². The molecule has 0 atom stereocenters. The van der Waals surface area contributed by atoms with E-state index < -0.39 is 20.0 Å². The van der Waals surface area contributed by atoms with Crippen LogP contribution in [0.25, 0.3) is 10.9 Å². The smallest absolute Gasteiger partial charge is 0.207 e. The van der Waals surface area contributed by atoms with Gasteiger partial charge in [-0.15, -0.1) is 0 Å². The molecule has 11 heteroatoms. The van der Waals surface area contributed by atoms with Gasteiger partial charge in [-0.1, -0.05) is 17.8 Å². The Morgan fingerprint density at radius 2 is 1.50 bits per heavy atom. The second-order valence-electron chi connectivity index (χ2n) is 7.00. The van der Waals surface area contributed by atoms with Crippen LogP contribution in [-0.2, 0) is 20.0 Å². The highest BCUT2D eigenvalue weighted by molar-refractivity contribution is 7.99. The summed E-state index contributed by atoms with van der Waals surface area (Å²) in [5, 5.41) is 4.71. The van der Waals surface area contributed by atoms with Crippen LogP contribution in [0.5, 0.6) is 0 Å². The number of sulfonamides is 1. The minimum absolute atomic E-state index is 0.00948. The summed E-state index contributed by atoms with van der Waals surface area (Å²) in [5.74, 6) is -0.337. The average molecular weight is 492 g/mol.